The van der Waals surface area contributed by atoms with E-state index in [-0.39, 0.29) is 5.92 Å². The summed E-state index contributed by atoms with van der Waals surface area (Å²) in [7, 11) is 0. The van der Waals surface area contributed by atoms with Crippen molar-refractivity contribution in [3.8, 4) is 6.07 Å². The molecule has 0 spiro atoms. The molecule has 1 saturated carbocycles. The first-order valence-corrected chi connectivity index (χ1v) is 5.68. The van der Waals surface area contributed by atoms with Crippen molar-refractivity contribution < 1.29 is 0 Å². The summed E-state index contributed by atoms with van der Waals surface area (Å²) in [6.07, 6.45) is 6.45. The van der Waals surface area contributed by atoms with Crippen LogP contribution in [-0.4, -0.2) is 4.98 Å². The molecule has 1 heterocycles. The molecule has 15 heavy (non-hydrogen) atoms. The summed E-state index contributed by atoms with van der Waals surface area (Å²) < 4.78 is 0. The van der Waals surface area contributed by atoms with Gasteiger partial charge in [0.15, 0.2) is 0 Å². The van der Waals surface area contributed by atoms with E-state index in [0.29, 0.717) is 0 Å². The lowest BCUT2D eigenvalue weighted by Gasteiger charge is -2.08. The number of aromatic nitrogens is 1. The first kappa shape index (κ1) is 10.2. The molecule has 1 aliphatic rings. The van der Waals surface area contributed by atoms with Gasteiger partial charge in [0.05, 0.1) is 12.0 Å². The van der Waals surface area contributed by atoms with Gasteiger partial charge in [0.2, 0.25) is 0 Å². The highest BCUT2D eigenvalue weighted by atomic mass is 14.7. The van der Waals surface area contributed by atoms with E-state index in [9.17, 15) is 0 Å². The quantitative estimate of drug-likeness (QED) is 0.749. The van der Waals surface area contributed by atoms with Crippen LogP contribution in [0.25, 0.3) is 0 Å². The third kappa shape index (κ3) is 2.56. The number of rotatable bonds is 4. The molecule has 1 atom stereocenters. The monoisotopic (exact) mass is 200 g/mol. The second-order valence-electron chi connectivity index (χ2n) is 4.30. The minimum Gasteiger partial charge on any atom is -0.261 e. The van der Waals surface area contributed by atoms with Gasteiger partial charge in [0.25, 0.3) is 0 Å². The molecular formula is C13H16N2. The standard InChI is InChI=1S/C13H16N2/c1-2-13-6-5-11(9-15-13)12(8-14)7-10-3-4-10/h5-6,9-10,12H,2-4,7H2,1H3. The lowest BCUT2D eigenvalue weighted by Crippen LogP contribution is -1.99. The summed E-state index contributed by atoms with van der Waals surface area (Å²) in [6.45, 7) is 2.09. The zero-order valence-corrected chi connectivity index (χ0v) is 9.11. The van der Waals surface area contributed by atoms with Crippen molar-refractivity contribution >= 4 is 0 Å². The van der Waals surface area contributed by atoms with Crippen molar-refractivity contribution in [3.05, 3.63) is 29.6 Å². The molecule has 1 unspecified atom stereocenters. The van der Waals surface area contributed by atoms with Crippen LogP contribution in [0.4, 0.5) is 0 Å². The topological polar surface area (TPSA) is 36.7 Å². The first-order valence-electron chi connectivity index (χ1n) is 5.68. The Kier molecular flexibility index (Phi) is 3.01. The maximum absolute atomic E-state index is 9.10. The molecule has 1 aromatic rings. The van der Waals surface area contributed by atoms with Crippen LogP contribution in [0.1, 0.15) is 43.4 Å². The van der Waals surface area contributed by atoms with Crippen LogP contribution in [0.15, 0.2) is 18.3 Å². The van der Waals surface area contributed by atoms with Gasteiger partial charge in [0.1, 0.15) is 0 Å². The molecule has 0 amide bonds. The molecule has 2 heteroatoms. The van der Waals surface area contributed by atoms with Crippen molar-refractivity contribution in [2.24, 2.45) is 5.92 Å². The first-order chi connectivity index (χ1) is 7.33. The van der Waals surface area contributed by atoms with Crippen LogP contribution in [-0.2, 0) is 6.42 Å². The summed E-state index contributed by atoms with van der Waals surface area (Å²) in [6, 6.07) is 6.48. The second-order valence-corrected chi connectivity index (χ2v) is 4.30. The summed E-state index contributed by atoms with van der Waals surface area (Å²) in [4.78, 5) is 4.34. The smallest absolute Gasteiger partial charge is 0.0730 e. The average Bonchev–Trinajstić information content (AvgIpc) is 3.10. The molecule has 0 saturated heterocycles. The van der Waals surface area contributed by atoms with Crippen molar-refractivity contribution in [1.82, 2.24) is 4.98 Å². The molecule has 2 rings (SSSR count). The number of nitriles is 1. The van der Waals surface area contributed by atoms with Gasteiger partial charge in [-0.05, 0) is 30.4 Å². The zero-order valence-electron chi connectivity index (χ0n) is 9.11. The molecule has 0 radical (unpaired) electrons. The van der Waals surface area contributed by atoms with Crippen molar-refractivity contribution in [2.75, 3.05) is 0 Å². The normalized spacial score (nSPS) is 17.1. The minimum atomic E-state index is 0.0518. The van der Waals surface area contributed by atoms with Crippen LogP contribution in [0.3, 0.4) is 0 Å². The lowest BCUT2D eigenvalue weighted by atomic mass is 9.96. The highest BCUT2D eigenvalue weighted by molar-refractivity contribution is 5.23. The Hall–Kier alpha value is -1.36. The second kappa shape index (κ2) is 4.44. The van der Waals surface area contributed by atoms with Crippen molar-refractivity contribution in [1.29, 1.82) is 5.26 Å². The molecule has 0 aliphatic heterocycles. The minimum absolute atomic E-state index is 0.0518. The number of hydrogen-bond acceptors (Lipinski definition) is 2. The van der Waals surface area contributed by atoms with E-state index in [0.717, 1.165) is 30.0 Å². The Bertz CT molecular complexity index is 357. The van der Waals surface area contributed by atoms with E-state index in [4.69, 9.17) is 5.26 Å². The van der Waals surface area contributed by atoms with Crippen LogP contribution in [0.5, 0.6) is 0 Å². The fraction of sp³-hybridized carbons (Fsp3) is 0.538. The summed E-state index contributed by atoms with van der Waals surface area (Å²) in [5, 5.41) is 9.10. The van der Waals surface area contributed by atoms with Crippen LogP contribution in [0.2, 0.25) is 0 Å². The zero-order chi connectivity index (χ0) is 10.7. The van der Waals surface area contributed by atoms with Gasteiger partial charge in [-0.2, -0.15) is 5.26 Å². The van der Waals surface area contributed by atoms with Gasteiger partial charge in [-0.3, -0.25) is 4.98 Å². The van der Waals surface area contributed by atoms with Crippen LogP contribution < -0.4 is 0 Å². The number of aryl methyl sites for hydroxylation is 1. The maximum Gasteiger partial charge on any atom is 0.0730 e. The van der Waals surface area contributed by atoms with E-state index in [1.54, 1.807) is 0 Å². The fourth-order valence-corrected chi connectivity index (χ4v) is 1.80. The molecule has 0 bridgehead atoms. The van der Waals surface area contributed by atoms with Crippen molar-refractivity contribution in [2.45, 2.75) is 38.5 Å². The van der Waals surface area contributed by atoms with Crippen LogP contribution in [0, 0.1) is 17.2 Å². The van der Waals surface area contributed by atoms with Gasteiger partial charge < -0.3 is 0 Å². The summed E-state index contributed by atoms with van der Waals surface area (Å²) >= 11 is 0. The largest absolute Gasteiger partial charge is 0.261 e. The van der Waals surface area contributed by atoms with E-state index < -0.39 is 0 Å². The molecule has 2 nitrogen and oxygen atoms in total. The average molecular weight is 200 g/mol. The Morgan fingerprint density at radius 3 is 2.80 bits per heavy atom. The number of nitrogens with zero attached hydrogens (tertiary/aromatic N) is 2. The fourth-order valence-electron chi connectivity index (χ4n) is 1.80. The lowest BCUT2D eigenvalue weighted by molar-refractivity contribution is 0.669. The van der Waals surface area contributed by atoms with E-state index in [1.807, 2.05) is 12.3 Å². The Labute approximate surface area is 91.0 Å². The van der Waals surface area contributed by atoms with E-state index in [2.05, 4.69) is 24.0 Å². The molecule has 1 aromatic heterocycles. The SMILES string of the molecule is CCc1ccc(C(C#N)CC2CC2)cn1. The Morgan fingerprint density at radius 2 is 2.33 bits per heavy atom. The third-order valence-corrected chi connectivity index (χ3v) is 3.03. The number of pyridine rings is 1. The molecular weight excluding hydrogens is 184 g/mol. The molecule has 0 N–H and O–H groups in total. The summed E-state index contributed by atoms with van der Waals surface area (Å²) in [5.41, 5.74) is 2.18. The molecule has 78 valence electrons. The Morgan fingerprint density at radius 1 is 1.53 bits per heavy atom. The third-order valence-electron chi connectivity index (χ3n) is 3.03. The van der Waals surface area contributed by atoms with E-state index in [1.165, 1.54) is 12.8 Å². The highest BCUT2D eigenvalue weighted by Crippen LogP contribution is 2.38. The molecule has 0 aromatic carbocycles. The van der Waals surface area contributed by atoms with Crippen LogP contribution >= 0.6 is 0 Å². The van der Waals surface area contributed by atoms with Gasteiger partial charge in [0, 0.05) is 11.9 Å². The molecule has 1 fully saturated rings. The number of hydrogen-bond donors (Lipinski definition) is 0. The van der Waals surface area contributed by atoms with Crippen molar-refractivity contribution in [3.63, 3.8) is 0 Å². The molecule has 1 aliphatic carbocycles. The van der Waals surface area contributed by atoms with Gasteiger partial charge in [-0.25, -0.2) is 0 Å². The van der Waals surface area contributed by atoms with E-state index >= 15 is 0 Å². The maximum atomic E-state index is 9.10. The van der Waals surface area contributed by atoms with Gasteiger partial charge in [-0.1, -0.05) is 25.8 Å². The predicted octanol–water partition coefficient (Wildman–Crippen LogP) is 3.05. The van der Waals surface area contributed by atoms with Gasteiger partial charge in [-0.15, -0.1) is 0 Å². The van der Waals surface area contributed by atoms with Gasteiger partial charge >= 0.3 is 0 Å². The summed E-state index contributed by atoms with van der Waals surface area (Å²) in [5.74, 6) is 0.844. The highest BCUT2D eigenvalue weighted by Gasteiger charge is 2.26. The Balaban J connectivity index is 2.08. The predicted molar refractivity (Wildman–Crippen MR) is 59.3 cm³/mol.